The first-order valence-electron chi connectivity index (χ1n) is 8.51. The van der Waals surface area contributed by atoms with Gasteiger partial charge in [0.25, 0.3) is 0 Å². The highest BCUT2D eigenvalue weighted by Crippen LogP contribution is 2.18. The van der Waals surface area contributed by atoms with Crippen molar-refractivity contribution >= 4 is 32.6 Å². The van der Waals surface area contributed by atoms with Crippen LogP contribution in [0.4, 0.5) is 0 Å². The zero-order valence-electron chi connectivity index (χ0n) is 14.2. The van der Waals surface area contributed by atoms with Crippen LogP contribution in [0.1, 0.15) is 19.3 Å². The average Bonchev–Trinajstić information content (AvgIpc) is 2.63. The first-order chi connectivity index (χ1) is 12.5. The Hall–Kier alpha value is -2.45. The second-order valence-electron chi connectivity index (χ2n) is 6.21. The Balaban J connectivity index is 1.55. The summed E-state index contributed by atoms with van der Waals surface area (Å²) in [5, 5.41) is 7.11. The maximum absolute atomic E-state index is 12.4. The first kappa shape index (κ1) is 18.3. The molecule has 1 saturated heterocycles. The van der Waals surface area contributed by atoms with Crippen LogP contribution in [0.15, 0.2) is 47.4 Å². The molecule has 1 heterocycles. The summed E-state index contributed by atoms with van der Waals surface area (Å²) in [6.07, 6.45) is 1.38. The highest BCUT2D eigenvalue weighted by Gasteiger charge is 2.23. The monoisotopic (exact) mass is 375 g/mol. The third kappa shape index (κ3) is 4.39. The topological polar surface area (TPSA) is 104 Å². The molecule has 138 valence electrons. The second kappa shape index (κ2) is 7.84. The van der Waals surface area contributed by atoms with Crippen LogP contribution in [0.5, 0.6) is 0 Å². The molecular formula is C18H21N3O4S. The normalized spacial score (nSPS) is 17.7. The number of hydrogen-bond acceptors (Lipinski definition) is 4. The molecule has 2 aromatic rings. The van der Waals surface area contributed by atoms with E-state index >= 15 is 0 Å². The maximum atomic E-state index is 12.4. The van der Waals surface area contributed by atoms with E-state index in [-0.39, 0.29) is 29.7 Å². The van der Waals surface area contributed by atoms with Gasteiger partial charge in [-0.05, 0) is 35.7 Å². The van der Waals surface area contributed by atoms with E-state index in [0.717, 1.165) is 17.2 Å². The standard InChI is InChI=1S/C18H21N3O4S/c22-17(21-16-6-3-10-19-18(16)23)9-11-20-26(24,25)15-8-7-13-4-1-2-5-14(13)12-15/h1-2,4-5,7-8,12,16,20H,3,6,9-11H2,(H,19,23)(H,21,22). The Morgan fingerprint density at radius 3 is 2.69 bits per heavy atom. The van der Waals surface area contributed by atoms with Crippen molar-refractivity contribution in [2.24, 2.45) is 0 Å². The van der Waals surface area contributed by atoms with E-state index < -0.39 is 16.1 Å². The van der Waals surface area contributed by atoms with Gasteiger partial charge >= 0.3 is 0 Å². The molecule has 1 aliphatic rings. The summed E-state index contributed by atoms with van der Waals surface area (Å²) in [6, 6.07) is 11.8. The minimum Gasteiger partial charge on any atom is -0.354 e. The fourth-order valence-electron chi connectivity index (χ4n) is 2.89. The third-order valence-electron chi connectivity index (χ3n) is 4.30. The summed E-state index contributed by atoms with van der Waals surface area (Å²) < 4.78 is 27.2. The Morgan fingerprint density at radius 1 is 1.15 bits per heavy atom. The lowest BCUT2D eigenvalue weighted by Crippen LogP contribution is -2.50. The quantitative estimate of drug-likeness (QED) is 0.698. The van der Waals surface area contributed by atoms with E-state index in [1.807, 2.05) is 24.3 Å². The summed E-state index contributed by atoms with van der Waals surface area (Å²) in [5.74, 6) is -0.547. The van der Waals surface area contributed by atoms with E-state index in [1.54, 1.807) is 12.1 Å². The Bertz CT molecular complexity index is 927. The summed E-state index contributed by atoms with van der Waals surface area (Å²) in [7, 11) is -3.70. The van der Waals surface area contributed by atoms with Crippen molar-refractivity contribution < 1.29 is 18.0 Å². The lowest BCUT2D eigenvalue weighted by molar-refractivity contribution is -0.130. The maximum Gasteiger partial charge on any atom is 0.242 e. The molecule has 0 radical (unpaired) electrons. The molecule has 1 unspecified atom stereocenters. The largest absolute Gasteiger partial charge is 0.354 e. The van der Waals surface area contributed by atoms with Gasteiger partial charge in [0, 0.05) is 19.5 Å². The van der Waals surface area contributed by atoms with E-state index in [2.05, 4.69) is 15.4 Å². The Kier molecular flexibility index (Phi) is 5.53. The fourth-order valence-corrected chi connectivity index (χ4v) is 3.96. The van der Waals surface area contributed by atoms with Crippen molar-refractivity contribution in [1.82, 2.24) is 15.4 Å². The van der Waals surface area contributed by atoms with Crippen LogP contribution in [-0.2, 0) is 19.6 Å². The fraction of sp³-hybridized carbons (Fsp3) is 0.333. The number of carbonyl (C=O) groups is 2. The predicted octanol–water partition coefficient (Wildman–Crippen LogP) is 0.903. The summed E-state index contributed by atoms with van der Waals surface area (Å²) in [6.45, 7) is 0.589. The Morgan fingerprint density at radius 2 is 1.92 bits per heavy atom. The van der Waals surface area contributed by atoms with E-state index in [9.17, 15) is 18.0 Å². The minimum absolute atomic E-state index is 0.0312. The number of hydrogen-bond donors (Lipinski definition) is 3. The molecule has 0 saturated carbocycles. The Labute approximate surface area is 152 Å². The molecule has 1 aliphatic heterocycles. The molecular weight excluding hydrogens is 354 g/mol. The molecule has 0 spiro atoms. The second-order valence-corrected chi connectivity index (χ2v) is 7.98. The van der Waals surface area contributed by atoms with Gasteiger partial charge in [0.05, 0.1) is 4.90 Å². The van der Waals surface area contributed by atoms with Crippen molar-refractivity contribution in [2.75, 3.05) is 13.1 Å². The van der Waals surface area contributed by atoms with Crippen LogP contribution in [0.2, 0.25) is 0 Å². The number of benzene rings is 2. The van der Waals surface area contributed by atoms with Gasteiger partial charge in [-0.25, -0.2) is 13.1 Å². The zero-order valence-corrected chi connectivity index (χ0v) is 15.0. The molecule has 1 atom stereocenters. The predicted molar refractivity (Wildman–Crippen MR) is 97.9 cm³/mol. The molecule has 2 amide bonds. The molecule has 0 aliphatic carbocycles. The molecule has 7 nitrogen and oxygen atoms in total. The smallest absolute Gasteiger partial charge is 0.242 e. The van der Waals surface area contributed by atoms with Gasteiger partial charge in [0.15, 0.2) is 0 Å². The van der Waals surface area contributed by atoms with Gasteiger partial charge in [0.2, 0.25) is 21.8 Å². The molecule has 2 aromatic carbocycles. The number of fused-ring (bicyclic) bond motifs is 1. The van der Waals surface area contributed by atoms with Crippen LogP contribution in [0.25, 0.3) is 10.8 Å². The molecule has 0 bridgehead atoms. The van der Waals surface area contributed by atoms with Crippen molar-refractivity contribution in [1.29, 1.82) is 0 Å². The molecule has 1 fully saturated rings. The molecule has 0 aromatic heterocycles. The van der Waals surface area contributed by atoms with Gasteiger partial charge in [0.1, 0.15) is 6.04 Å². The number of amides is 2. The molecule has 3 rings (SSSR count). The molecule has 26 heavy (non-hydrogen) atoms. The lowest BCUT2D eigenvalue weighted by atomic mass is 10.1. The number of sulfonamides is 1. The van der Waals surface area contributed by atoms with Gasteiger partial charge in [-0.15, -0.1) is 0 Å². The zero-order chi connectivity index (χ0) is 18.6. The third-order valence-corrected chi connectivity index (χ3v) is 5.75. The van der Waals surface area contributed by atoms with Gasteiger partial charge in [-0.3, -0.25) is 9.59 Å². The van der Waals surface area contributed by atoms with Gasteiger partial charge < -0.3 is 10.6 Å². The van der Waals surface area contributed by atoms with Crippen LogP contribution >= 0.6 is 0 Å². The van der Waals surface area contributed by atoms with Crippen LogP contribution in [0, 0.1) is 0 Å². The number of carbonyl (C=O) groups excluding carboxylic acids is 2. The van der Waals surface area contributed by atoms with Crippen LogP contribution < -0.4 is 15.4 Å². The van der Waals surface area contributed by atoms with Crippen molar-refractivity contribution in [3.05, 3.63) is 42.5 Å². The molecule has 3 N–H and O–H groups in total. The minimum atomic E-state index is -3.70. The van der Waals surface area contributed by atoms with Crippen LogP contribution in [0.3, 0.4) is 0 Å². The van der Waals surface area contributed by atoms with E-state index in [1.165, 1.54) is 6.07 Å². The van der Waals surface area contributed by atoms with Crippen molar-refractivity contribution in [3.8, 4) is 0 Å². The first-order valence-corrected chi connectivity index (χ1v) is 9.99. The van der Waals surface area contributed by atoms with E-state index in [0.29, 0.717) is 13.0 Å². The average molecular weight is 375 g/mol. The van der Waals surface area contributed by atoms with Crippen molar-refractivity contribution in [2.45, 2.75) is 30.2 Å². The van der Waals surface area contributed by atoms with Crippen LogP contribution in [-0.4, -0.2) is 39.4 Å². The molecule has 8 heteroatoms. The summed E-state index contributed by atoms with van der Waals surface area (Å²) in [4.78, 5) is 23.7. The number of nitrogens with one attached hydrogen (secondary N) is 3. The number of rotatable bonds is 6. The van der Waals surface area contributed by atoms with Gasteiger partial charge in [-0.1, -0.05) is 30.3 Å². The SMILES string of the molecule is O=C(CCNS(=O)(=O)c1ccc2ccccc2c1)NC1CCCNC1=O. The van der Waals surface area contributed by atoms with E-state index in [4.69, 9.17) is 0 Å². The highest BCUT2D eigenvalue weighted by atomic mass is 32.2. The number of piperidine rings is 1. The summed E-state index contributed by atoms with van der Waals surface area (Å²) >= 11 is 0. The lowest BCUT2D eigenvalue weighted by Gasteiger charge is -2.22. The van der Waals surface area contributed by atoms with Crippen molar-refractivity contribution in [3.63, 3.8) is 0 Å². The van der Waals surface area contributed by atoms with Gasteiger partial charge in [-0.2, -0.15) is 0 Å². The summed E-state index contributed by atoms with van der Waals surface area (Å²) in [5.41, 5.74) is 0. The highest BCUT2D eigenvalue weighted by molar-refractivity contribution is 7.89.